The van der Waals surface area contributed by atoms with Gasteiger partial charge in [-0.25, -0.2) is 9.97 Å². The van der Waals surface area contributed by atoms with E-state index in [0.29, 0.717) is 5.95 Å². The Morgan fingerprint density at radius 3 is 1.69 bits per heavy atom. The van der Waals surface area contributed by atoms with Gasteiger partial charge in [-0.1, -0.05) is 133 Å². The van der Waals surface area contributed by atoms with Gasteiger partial charge in [-0.15, -0.1) is 11.3 Å². The maximum atomic E-state index is 5.42. The molecule has 5 aromatic heterocycles. The number of nitrogens with zero attached hydrogens (tertiary/aromatic N) is 5. The second-order valence-electron chi connectivity index (χ2n) is 15.6. The molecule has 61 heavy (non-hydrogen) atoms. The molecule has 0 fully saturated rings. The second-order valence-corrected chi connectivity index (χ2v) is 16.6. The van der Waals surface area contributed by atoms with E-state index in [0.717, 1.165) is 77.4 Å². The summed E-state index contributed by atoms with van der Waals surface area (Å²) in [6, 6.07) is 69.1. The van der Waals surface area contributed by atoms with Gasteiger partial charge in [-0.3, -0.25) is 9.55 Å². The van der Waals surface area contributed by atoms with E-state index in [-0.39, 0.29) is 0 Å². The zero-order valence-corrected chi connectivity index (χ0v) is 33.5. The molecule has 0 unspecified atom stereocenters. The minimum Gasteiger partial charge on any atom is -0.309 e. The van der Waals surface area contributed by atoms with E-state index >= 15 is 0 Å². The van der Waals surface area contributed by atoms with Crippen LogP contribution in [0.2, 0.25) is 0 Å². The second kappa shape index (κ2) is 13.3. The average Bonchev–Trinajstić information content (AvgIpc) is 4.00. The summed E-state index contributed by atoms with van der Waals surface area (Å²) in [6.45, 7) is 0. The lowest BCUT2D eigenvalue weighted by Gasteiger charge is -2.12. The molecule has 0 N–H and O–H groups in total. The molecule has 0 spiro atoms. The Labute approximate surface area is 354 Å². The summed E-state index contributed by atoms with van der Waals surface area (Å²) in [7, 11) is 0. The summed E-state index contributed by atoms with van der Waals surface area (Å²) in [4.78, 5) is 16.0. The van der Waals surface area contributed by atoms with Crippen LogP contribution in [0.3, 0.4) is 0 Å². The number of rotatable bonds is 5. The van der Waals surface area contributed by atoms with Crippen molar-refractivity contribution in [2.24, 2.45) is 0 Å². The fraction of sp³-hybridized carbons (Fsp3) is 0. The highest BCUT2D eigenvalue weighted by atomic mass is 32.1. The summed E-state index contributed by atoms with van der Waals surface area (Å²) < 4.78 is 7.08. The van der Waals surface area contributed by atoms with Gasteiger partial charge in [-0.05, 0) is 71.8 Å². The van der Waals surface area contributed by atoms with Crippen molar-refractivity contribution in [2.45, 2.75) is 0 Å². The van der Waals surface area contributed by atoms with Crippen LogP contribution in [0.25, 0.3) is 120 Å². The quantitative estimate of drug-likeness (QED) is 0.174. The third-order valence-corrected chi connectivity index (χ3v) is 13.3. The van der Waals surface area contributed by atoms with Crippen LogP contribution >= 0.6 is 11.3 Å². The average molecular weight is 796 g/mol. The summed E-state index contributed by atoms with van der Waals surface area (Å²) >= 11 is 1.82. The minimum atomic E-state index is 0.630. The summed E-state index contributed by atoms with van der Waals surface area (Å²) in [6.07, 6.45) is 1.92. The maximum Gasteiger partial charge on any atom is 0.235 e. The van der Waals surface area contributed by atoms with E-state index < -0.39 is 0 Å². The van der Waals surface area contributed by atoms with E-state index in [9.17, 15) is 0 Å². The number of hydrogen-bond acceptors (Lipinski definition) is 4. The van der Waals surface area contributed by atoms with Gasteiger partial charge in [0, 0.05) is 65.4 Å². The predicted octanol–water partition coefficient (Wildman–Crippen LogP) is 14.6. The molecule has 8 aromatic carbocycles. The SMILES string of the molecule is c1ccc(-c2cc(-c3ccccc3)nc(-n3c4ccc(-c5ccc6c(c5)c5ccccc5n6-c5ccccc5)cc4c4c5cccnc5c5c6ccccc6sc5c43)n2)cc1. The van der Waals surface area contributed by atoms with E-state index in [1.807, 2.05) is 29.7 Å². The molecule has 0 aliphatic heterocycles. The zero-order chi connectivity index (χ0) is 40.0. The monoisotopic (exact) mass is 795 g/mol. The molecule has 0 amide bonds. The van der Waals surface area contributed by atoms with Crippen molar-refractivity contribution in [2.75, 3.05) is 0 Å². The van der Waals surface area contributed by atoms with Crippen LogP contribution in [0.15, 0.2) is 200 Å². The largest absolute Gasteiger partial charge is 0.309 e. The number of aromatic nitrogens is 5. The highest BCUT2D eigenvalue weighted by Gasteiger charge is 2.25. The molecule has 13 rings (SSSR count). The van der Waals surface area contributed by atoms with Crippen molar-refractivity contribution >= 4 is 86.0 Å². The topological polar surface area (TPSA) is 48.5 Å². The van der Waals surface area contributed by atoms with Gasteiger partial charge in [0.25, 0.3) is 0 Å². The summed E-state index contributed by atoms with van der Waals surface area (Å²) in [5.41, 5.74) is 12.8. The molecular weight excluding hydrogens is 763 g/mol. The number of fused-ring (bicyclic) bond motifs is 13. The lowest BCUT2D eigenvalue weighted by Crippen LogP contribution is -2.04. The molecule has 0 aliphatic rings. The van der Waals surface area contributed by atoms with Gasteiger partial charge in [0.05, 0.1) is 43.7 Å². The van der Waals surface area contributed by atoms with Crippen molar-refractivity contribution < 1.29 is 0 Å². The molecule has 0 saturated heterocycles. The Hall–Kier alpha value is -7.93. The number of para-hydroxylation sites is 2. The van der Waals surface area contributed by atoms with Crippen LogP contribution in [0.4, 0.5) is 0 Å². The molecule has 0 aliphatic carbocycles. The molecule has 0 saturated carbocycles. The Morgan fingerprint density at radius 2 is 0.967 bits per heavy atom. The number of thiophene rings is 1. The summed E-state index contributed by atoms with van der Waals surface area (Å²) in [5.74, 6) is 0.630. The molecular formula is C55H33N5S. The van der Waals surface area contributed by atoms with Crippen LogP contribution in [-0.2, 0) is 0 Å². The molecule has 284 valence electrons. The molecule has 0 bridgehead atoms. The third-order valence-electron chi connectivity index (χ3n) is 12.2. The van der Waals surface area contributed by atoms with Gasteiger partial charge in [0.15, 0.2) is 0 Å². The molecule has 5 nitrogen and oxygen atoms in total. The maximum absolute atomic E-state index is 5.42. The van der Waals surface area contributed by atoms with Crippen molar-refractivity contribution in [3.63, 3.8) is 0 Å². The number of pyridine rings is 1. The van der Waals surface area contributed by atoms with Crippen molar-refractivity contribution in [3.8, 4) is 45.3 Å². The third kappa shape index (κ3) is 5.16. The Bertz CT molecular complexity index is 3810. The smallest absolute Gasteiger partial charge is 0.235 e. The molecule has 0 atom stereocenters. The first-order chi connectivity index (χ1) is 30.3. The van der Waals surface area contributed by atoms with Crippen LogP contribution in [0.1, 0.15) is 0 Å². The van der Waals surface area contributed by atoms with Gasteiger partial charge in [-0.2, -0.15) is 0 Å². The molecule has 6 heteroatoms. The van der Waals surface area contributed by atoms with Crippen molar-refractivity contribution in [1.29, 1.82) is 0 Å². The van der Waals surface area contributed by atoms with Crippen molar-refractivity contribution in [3.05, 3.63) is 200 Å². The molecule has 13 aromatic rings. The van der Waals surface area contributed by atoms with Gasteiger partial charge < -0.3 is 4.57 Å². The molecule has 5 heterocycles. The normalized spacial score (nSPS) is 11.9. The first kappa shape index (κ1) is 34.0. The Morgan fingerprint density at radius 1 is 0.393 bits per heavy atom. The van der Waals surface area contributed by atoms with Crippen LogP contribution in [-0.4, -0.2) is 24.1 Å². The summed E-state index contributed by atoms with van der Waals surface area (Å²) in [5, 5.41) is 8.21. The first-order valence-electron chi connectivity index (χ1n) is 20.5. The van der Waals surface area contributed by atoms with E-state index in [4.69, 9.17) is 15.0 Å². The Balaban J connectivity index is 1.14. The lowest BCUT2D eigenvalue weighted by atomic mass is 9.98. The fourth-order valence-electron chi connectivity index (χ4n) is 9.48. The fourth-order valence-corrected chi connectivity index (χ4v) is 10.7. The highest BCUT2D eigenvalue weighted by molar-refractivity contribution is 7.27. The van der Waals surface area contributed by atoms with E-state index in [1.165, 1.54) is 36.6 Å². The number of hydrogen-bond donors (Lipinski definition) is 0. The van der Waals surface area contributed by atoms with Crippen LogP contribution in [0, 0.1) is 0 Å². The van der Waals surface area contributed by atoms with Gasteiger partial charge in [0.1, 0.15) is 0 Å². The Kier molecular flexibility index (Phi) is 7.41. The molecule has 0 radical (unpaired) electrons. The first-order valence-corrected chi connectivity index (χ1v) is 21.3. The standard InChI is InChI=1S/C55H33N5S/c1-4-15-34(16-5-1)44-33-45(35-17-6-2-7-18-35)58-55(57-44)60-48-29-27-37(36-26-28-47-42(31-36)39-21-10-12-24-46(39)59(47)38-19-8-3-9-20-38)32-43(48)50-41-23-14-30-56-52(41)51-40-22-11-13-25-49(40)61-54(51)53(50)60/h1-33H. The number of benzene rings is 8. The highest BCUT2D eigenvalue weighted by Crippen LogP contribution is 2.48. The van der Waals surface area contributed by atoms with E-state index in [2.05, 4.69) is 191 Å². The lowest BCUT2D eigenvalue weighted by molar-refractivity contribution is 0.998. The van der Waals surface area contributed by atoms with Gasteiger partial charge in [0.2, 0.25) is 5.95 Å². The minimum absolute atomic E-state index is 0.630. The van der Waals surface area contributed by atoms with Gasteiger partial charge >= 0.3 is 0 Å². The van der Waals surface area contributed by atoms with Crippen LogP contribution in [0.5, 0.6) is 0 Å². The van der Waals surface area contributed by atoms with Crippen molar-refractivity contribution in [1.82, 2.24) is 24.1 Å². The van der Waals surface area contributed by atoms with Crippen LogP contribution < -0.4 is 0 Å². The van der Waals surface area contributed by atoms with E-state index in [1.54, 1.807) is 0 Å². The zero-order valence-electron chi connectivity index (χ0n) is 32.7. The predicted molar refractivity (Wildman–Crippen MR) is 255 cm³/mol.